The maximum absolute atomic E-state index is 14.2. The molecule has 1 fully saturated rings. The van der Waals surface area contributed by atoms with Crippen molar-refractivity contribution in [2.24, 2.45) is 23.7 Å². The Bertz CT molecular complexity index is 1200. The molecule has 2 aliphatic rings. The molecule has 0 bridgehead atoms. The molecule has 2 aromatic rings. The molecule has 1 heterocycles. The molecule has 0 saturated heterocycles. The van der Waals surface area contributed by atoms with E-state index in [-0.39, 0.29) is 11.9 Å². The smallest absolute Gasteiger partial charge is 0.123 e. The Balaban J connectivity index is 1.49. The number of halogens is 1. The van der Waals surface area contributed by atoms with Crippen LogP contribution in [0.1, 0.15) is 89.4 Å². The fourth-order valence-corrected chi connectivity index (χ4v) is 6.28. The summed E-state index contributed by atoms with van der Waals surface area (Å²) >= 11 is 0. The lowest BCUT2D eigenvalue weighted by molar-refractivity contribution is 0.0848. The SMILES string of the molecule is COC(CCC1CCC(CC2=C(C#N)C(c3cccc(F)c3)=CC(C(C)C)=CC2)CCC1C)c1ccoc1. The number of nitriles is 1. The Morgan fingerprint density at radius 1 is 1.16 bits per heavy atom. The van der Waals surface area contributed by atoms with E-state index >= 15 is 0 Å². The number of allylic oxidation sites excluding steroid dienone is 6. The molecular weight excluding hydrogens is 473 g/mol. The van der Waals surface area contributed by atoms with Crippen LogP contribution in [0.4, 0.5) is 4.39 Å². The van der Waals surface area contributed by atoms with Crippen LogP contribution < -0.4 is 0 Å². The Morgan fingerprint density at radius 3 is 2.66 bits per heavy atom. The lowest BCUT2D eigenvalue weighted by Gasteiger charge is -2.23. The van der Waals surface area contributed by atoms with Crippen LogP contribution in [0.5, 0.6) is 0 Å². The summed E-state index contributed by atoms with van der Waals surface area (Å²) in [5.74, 6) is 1.99. The number of rotatable bonds is 9. The van der Waals surface area contributed by atoms with Crippen molar-refractivity contribution < 1.29 is 13.5 Å². The van der Waals surface area contributed by atoms with Gasteiger partial charge in [-0.3, -0.25) is 0 Å². The molecule has 4 rings (SSSR count). The molecule has 4 unspecified atom stereocenters. The minimum absolute atomic E-state index is 0.0873. The molecule has 0 spiro atoms. The van der Waals surface area contributed by atoms with Gasteiger partial charge in [-0.05, 0) is 115 Å². The Hall–Kier alpha value is -2.90. The average molecular weight is 516 g/mol. The van der Waals surface area contributed by atoms with Gasteiger partial charge in [-0.15, -0.1) is 0 Å². The van der Waals surface area contributed by atoms with Crippen molar-refractivity contribution in [2.75, 3.05) is 7.11 Å². The summed E-state index contributed by atoms with van der Waals surface area (Å²) in [5, 5.41) is 10.3. The van der Waals surface area contributed by atoms with Gasteiger partial charge in [-0.25, -0.2) is 4.39 Å². The molecule has 4 atom stereocenters. The summed E-state index contributed by atoms with van der Waals surface area (Å²) < 4.78 is 25.2. The molecule has 0 radical (unpaired) electrons. The van der Waals surface area contributed by atoms with Crippen molar-refractivity contribution in [3.63, 3.8) is 0 Å². The van der Waals surface area contributed by atoms with Gasteiger partial charge in [0.15, 0.2) is 0 Å². The van der Waals surface area contributed by atoms with Gasteiger partial charge in [0.05, 0.1) is 30.3 Å². The van der Waals surface area contributed by atoms with Crippen LogP contribution in [-0.2, 0) is 4.74 Å². The summed E-state index contributed by atoms with van der Waals surface area (Å²) in [4.78, 5) is 0. The second-order valence-electron chi connectivity index (χ2n) is 11.5. The van der Waals surface area contributed by atoms with Crippen LogP contribution in [0.25, 0.3) is 5.57 Å². The standard InChI is InChI=1S/C34H42FNO2/c1-23(2)27-12-13-29(33(21-36)32(20-27)28-6-5-7-31(35)19-28)18-25-9-8-24(3)26(11-10-25)14-15-34(37-4)30-16-17-38-22-30/h5-7,12,16-17,19-20,22-26,34H,8-11,13-15,18H2,1-4H3. The van der Waals surface area contributed by atoms with Crippen molar-refractivity contribution >= 4 is 5.57 Å². The van der Waals surface area contributed by atoms with Gasteiger partial charge < -0.3 is 9.15 Å². The van der Waals surface area contributed by atoms with Crippen LogP contribution in [-0.4, -0.2) is 7.11 Å². The largest absolute Gasteiger partial charge is 0.472 e. The van der Waals surface area contributed by atoms with Gasteiger partial charge in [-0.1, -0.05) is 45.4 Å². The second kappa shape index (κ2) is 13.3. The third-order valence-electron chi connectivity index (χ3n) is 8.75. The van der Waals surface area contributed by atoms with Gasteiger partial charge in [0.1, 0.15) is 5.82 Å². The first-order valence-electron chi connectivity index (χ1n) is 14.2. The van der Waals surface area contributed by atoms with Gasteiger partial charge in [0.2, 0.25) is 0 Å². The number of hydrogen-bond donors (Lipinski definition) is 0. The molecule has 202 valence electrons. The highest BCUT2D eigenvalue weighted by Crippen LogP contribution is 2.41. The average Bonchev–Trinajstić information content (AvgIpc) is 3.30. The molecule has 1 aromatic heterocycles. The van der Waals surface area contributed by atoms with E-state index < -0.39 is 0 Å². The first kappa shape index (κ1) is 28.1. The van der Waals surface area contributed by atoms with E-state index in [1.807, 2.05) is 12.1 Å². The minimum Gasteiger partial charge on any atom is -0.472 e. The van der Waals surface area contributed by atoms with Crippen LogP contribution >= 0.6 is 0 Å². The van der Waals surface area contributed by atoms with Crippen molar-refractivity contribution in [3.05, 3.63) is 88.7 Å². The molecular formula is C34H42FNO2. The van der Waals surface area contributed by atoms with E-state index in [4.69, 9.17) is 9.15 Å². The number of methoxy groups -OCH3 is 1. The maximum atomic E-state index is 14.2. The fraction of sp³-hybridized carbons (Fsp3) is 0.500. The molecule has 2 aliphatic carbocycles. The predicted octanol–water partition coefficient (Wildman–Crippen LogP) is 9.61. The Labute approximate surface area is 228 Å². The van der Waals surface area contributed by atoms with Crippen molar-refractivity contribution in [1.29, 1.82) is 5.26 Å². The van der Waals surface area contributed by atoms with E-state index in [1.54, 1.807) is 31.8 Å². The number of nitrogens with zero attached hydrogens (tertiary/aromatic N) is 1. The van der Waals surface area contributed by atoms with Crippen molar-refractivity contribution in [2.45, 2.75) is 78.2 Å². The van der Waals surface area contributed by atoms with E-state index in [1.165, 1.54) is 42.9 Å². The number of furan rings is 1. The van der Waals surface area contributed by atoms with E-state index in [9.17, 15) is 9.65 Å². The summed E-state index contributed by atoms with van der Waals surface area (Å²) in [6.45, 7) is 6.76. The normalized spacial score (nSPS) is 23.3. The van der Waals surface area contributed by atoms with E-state index in [0.29, 0.717) is 23.7 Å². The van der Waals surface area contributed by atoms with Crippen molar-refractivity contribution in [3.8, 4) is 6.07 Å². The number of ether oxygens (including phenoxy) is 1. The number of hydrogen-bond acceptors (Lipinski definition) is 3. The molecule has 38 heavy (non-hydrogen) atoms. The molecule has 1 saturated carbocycles. The lowest BCUT2D eigenvalue weighted by Crippen LogP contribution is -2.12. The van der Waals surface area contributed by atoms with Gasteiger partial charge >= 0.3 is 0 Å². The molecule has 0 amide bonds. The van der Waals surface area contributed by atoms with Crippen LogP contribution in [0, 0.1) is 40.8 Å². The van der Waals surface area contributed by atoms with Gasteiger partial charge in [-0.2, -0.15) is 5.26 Å². The predicted molar refractivity (Wildman–Crippen MR) is 151 cm³/mol. The lowest BCUT2D eigenvalue weighted by atomic mass is 9.84. The number of benzene rings is 1. The van der Waals surface area contributed by atoms with Crippen LogP contribution in [0.3, 0.4) is 0 Å². The van der Waals surface area contributed by atoms with E-state index in [0.717, 1.165) is 48.0 Å². The quantitative estimate of drug-likeness (QED) is 0.312. The Kier molecular flexibility index (Phi) is 9.80. The molecule has 0 N–H and O–H groups in total. The summed E-state index contributed by atoms with van der Waals surface area (Å²) in [7, 11) is 1.78. The zero-order valence-corrected chi connectivity index (χ0v) is 23.4. The Morgan fingerprint density at radius 2 is 1.97 bits per heavy atom. The van der Waals surface area contributed by atoms with Gasteiger partial charge in [0.25, 0.3) is 0 Å². The highest BCUT2D eigenvalue weighted by atomic mass is 19.1. The third kappa shape index (κ3) is 6.94. The first-order chi connectivity index (χ1) is 18.4. The molecule has 1 aromatic carbocycles. The zero-order valence-electron chi connectivity index (χ0n) is 23.4. The zero-order chi connectivity index (χ0) is 27.1. The highest BCUT2D eigenvalue weighted by molar-refractivity contribution is 5.86. The molecule has 3 nitrogen and oxygen atoms in total. The van der Waals surface area contributed by atoms with Crippen molar-refractivity contribution in [1.82, 2.24) is 0 Å². The fourth-order valence-electron chi connectivity index (χ4n) is 6.28. The molecule has 4 heteroatoms. The minimum atomic E-state index is -0.270. The summed E-state index contributed by atoms with van der Waals surface area (Å²) in [6.07, 6.45) is 16.7. The van der Waals surface area contributed by atoms with E-state index in [2.05, 4.69) is 39.0 Å². The maximum Gasteiger partial charge on any atom is 0.123 e. The second-order valence-corrected chi connectivity index (χ2v) is 11.5. The topological polar surface area (TPSA) is 46.2 Å². The first-order valence-corrected chi connectivity index (χ1v) is 14.2. The summed E-state index contributed by atoms with van der Waals surface area (Å²) in [6, 6.07) is 11.2. The summed E-state index contributed by atoms with van der Waals surface area (Å²) in [5.41, 5.74) is 5.92. The third-order valence-corrected chi connectivity index (χ3v) is 8.75. The molecule has 0 aliphatic heterocycles. The van der Waals surface area contributed by atoms with Crippen LogP contribution in [0.2, 0.25) is 0 Å². The van der Waals surface area contributed by atoms with Gasteiger partial charge in [0, 0.05) is 12.7 Å². The highest BCUT2D eigenvalue weighted by Gasteiger charge is 2.28. The van der Waals surface area contributed by atoms with Crippen LogP contribution in [0.15, 0.2) is 76.1 Å². The monoisotopic (exact) mass is 515 g/mol.